The van der Waals surface area contributed by atoms with Gasteiger partial charge in [-0.25, -0.2) is 15.8 Å². The average Bonchev–Trinajstić information content (AvgIpc) is 2.53. The van der Waals surface area contributed by atoms with Gasteiger partial charge in [-0.15, -0.1) is 0 Å². The molecule has 20 heavy (non-hydrogen) atoms. The quantitative estimate of drug-likeness (QED) is 0.467. The van der Waals surface area contributed by atoms with Crippen molar-refractivity contribution in [3.05, 3.63) is 11.9 Å². The Morgan fingerprint density at radius 1 is 1.25 bits per heavy atom. The highest BCUT2D eigenvalue weighted by molar-refractivity contribution is 5.56. The third-order valence-electron chi connectivity index (χ3n) is 4.32. The zero-order valence-corrected chi connectivity index (χ0v) is 12.2. The van der Waals surface area contributed by atoms with Gasteiger partial charge in [0.1, 0.15) is 18.0 Å². The summed E-state index contributed by atoms with van der Waals surface area (Å²) in [5, 5.41) is 13.1. The highest BCUT2D eigenvalue weighted by atomic mass is 16.3. The molecule has 6 nitrogen and oxygen atoms in total. The van der Waals surface area contributed by atoms with Crippen LogP contribution in [0.2, 0.25) is 0 Å². The Bertz CT molecular complexity index is 432. The number of aromatic nitrogens is 2. The van der Waals surface area contributed by atoms with E-state index in [1.54, 1.807) is 0 Å². The van der Waals surface area contributed by atoms with Crippen LogP contribution < -0.4 is 16.6 Å². The first-order valence-corrected chi connectivity index (χ1v) is 7.40. The third kappa shape index (κ3) is 3.19. The zero-order valence-electron chi connectivity index (χ0n) is 12.2. The van der Waals surface area contributed by atoms with Crippen molar-refractivity contribution in [1.82, 2.24) is 9.97 Å². The maximum atomic E-state index is 9.74. The molecule has 1 aromatic heterocycles. The molecular formula is C14H25N5O. The molecule has 6 heteroatoms. The van der Waals surface area contributed by atoms with Gasteiger partial charge in [-0.2, -0.15) is 0 Å². The molecule has 1 aliphatic carbocycles. The predicted molar refractivity (Wildman–Crippen MR) is 80.3 cm³/mol. The lowest BCUT2D eigenvalue weighted by Crippen LogP contribution is -2.36. The molecule has 0 aromatic carbocycles. The molecule has 1 heterocycles. The van der Waals surface area contributed by atoms with Crippen LogP contribution in [-0.2, 0) is 6.42 Å². The molecule has 0 radical (unpaired) electrons. The number of rotatable bonds is 6. The van der Waals surface area contributed by atoms with Gasteiger partial charge in [-0.05, 0) is 19.3 Å². The van der Waals surface area contributed by atoms with Crippen molar-refractivity contribution >= 4 is 11.6 Å². The summed E-state index contributed by atoms with van der Waals surface area (Å²) < 4.78 is 0. The van der Waals surface area contributed by atoms with E-state index in [1.165, 1.54) is 25.6 Å². The normalized spacial score (nSPS) is 17.8. The number of hydrazine groups is 1. The van der Waals surface area contributed by atoms with Crippen LogP contribution in [0.25, 0.3) is 0 Å². The number of hydrogen-bond donors (Lipinski definition) is 4. The van der Waals surface area contributed by atoms with Crippen LogP contribution in [-0.4, -0.2) is 28.2 Å². The largest absolute Gasteiger partial charge is 0.396 e. The van der Waals surface area contributed by atoms with Crippen molar-refractivity contribution in [3.63, 3.8) is 0 Å². The second kappa shape index (κ2) is 6.85. The van der Waals surface area contributed by atoms with E-state index in [0.717, 1.165) is 37.2 Å². The van der Waals surface area contributed by atoms with Crippen LogP contribution in [0, 0.1) is 5.41 Å². The molecule has 0 spiro atoms. The van der Waals surface area contributed by atoms with Gasteiger partial charge in [0.2, 0.25) is 0 Å². The first kappa shape index (κ1) is 15.0. The fourth-order valence-corrected chi connectivity index (χ4v) is 2.99. The first-order valence-electron chi connectivity index (χ1n) is 7.40. The SMILES string of the molecule is CCc1c(NN)ncnc1NCC1(CO)CCCCC1. The number of nitrogens with zero attached hydrogens (tertiary/aromatic N) is 2. The Morgan fingerprint density at radius 2 is 1.95 bits per heavy atom. The second-order valence-electron chi connectivity index (χ2n) is 5.62. The Labute approximate surface area is 120 Å². The summed E-state index contributed by atoms with van der Waals surface area (Å²) in [5.41, 5.74) is 3.58. The van der Waals surface area contributed by atoms with Gasteiger partial charge in [-0.3, -0.25) is 0 Å². The Hall–Kier alpha value is -1.40. The smallest absolute Gasteiger partial charge is 0.148 e. The second-order valence-corrected chi connectivity index (χ2v) is 5.62. The number of anilines is 2. The average molecular weight is 279 g/mol. The molecule has 1 saturated carbocycles. The lowest BCUT2D eigenvalue weighted by Gasteiger charge is -2.36. The molecule has 0 unspecified atom stereocenters. The highest BCUT2D eigenvalue weighted by Gasteiger charge is 2.31. The fourth-order valence-electron chi connectivity index (χ4n) is 2.99. The van der Waals surface area contributed by atoms with Crippen molar-refractivity contribution in [2.45, 2.75) is 45.4 Å². The number of aliphatic hydroxyl groups is 1. The van der Waals surface area contributed by atoms with Crippen molar-refractivity contribution in [2.75, 3.05) is 23.9 Å². The Morgan fingerprint density at radius 3 is 2.55 bits per heavy atom. The highest BCUT2D eigenvalue weighted by Crippen LogP contribution is 2.36. The summed E-state index contributed by atoms with van der Waals surface area (Å²) >= 11 is 0. The van der Waals surface area contributed by atoms with E-state index in [0.29, 0.717) is 5.82 Å². The topological polar surface area (TPSA) is 96.1 Å². The van der Waals surface area contributed by atoms with Crippen molar-refractivity contribution < 1.29 is 5.11 Å². The van der Waals surface area contributed by atoms with Crippen molar-refractivity contribution in [2.24, 2.45) is 11.3 Å². The van der Waals surface area contributed by atoms with Gasteiger partial charge in [0.25, 0.3) is 0 Å². The van der Waals surface area contributed by atoms with Crippen molar-refractivity contribution in [1.29, 1.82) is 0 Å². The molecule has 112 valence electrons. The van der Waals surface area contributed by atoms with Gasteiger partial charge in [0.05, 0.1) is 6.61 Å². The third-order valence-corrected chi connectivity index (χ3v) is 4.32. The van der Waals surface area contributed by atoms with Crippen LogP contribution in [0.3, 0.4) is 0 Å². The van der Waals surface area contributed by atoms with E-state index in [2.05, 4.69) is 20.7 Å². The number of nitrogen functional groups attached to an aromatic ring is 1. The zero-order chi connectivity index (χ0) is 14.4. The number of aliphatic hydroxyl groups excluding tert-OH is 1. The lowest BCUT2D eigenvalue weighted by atomic mass is 9.74. The molecule has 0 atom stereocenters. The Kier molecular flexibility index (Phi) is 5.14. The standard InChI is InChI=1S/C14H25N5O/c1-2-11-12(17-10-18-13(11)19-15)16-8-14(9-20)6-4-3-5-7-14/h10,20H,2-9,15H2,1H3,(H2,16,17,18,19). The Balaban J connectivity index is 2.09. The van der Waals surface area contributed by atoms with Crippen LogP contribution in [0.4, 0.5) is 11.6 Å². The summed E-state index contributed by atoms with van der Waals surface area (Å²) in [6.07, 6.45) is 8.12. The van der Waals surface area contributed by atoms with Crippen LogP contribution in [0.1, 0.15) is 44.6 Å². The van der Waals surface area contributed by atoms with Gasteiger partial charge in [-0.1, -0.05) is 26.2 Å². The molecule has 0 saturated heterocycles. The number of hydrogen-bond acceptors (Lipinski definition) is 6. The van der Waals surface area contributed by atoms with Crippen molar-refractivity contribution in [3.8, 4) is 0 Å². The maximum Gasteiger partial charge on any atom is 0.148 e. The van der Waals surface area contributed by atoms with Crippen LogP contribution in [0.15, 0.2) is 6.33 Å². The lowest BCUT2D eigenvalue weighted by molar-refractivity contribution is 0.0943. The van der Waals surface area contributed by atoms with E-state index in [4.69, 9.17) is 5.84 Å². The van der Waals surface area contributed by atoms with Gasteiger partial charge >= 0.3 is 0 Å². The minimum atomic E-state index is -0.00941. The molecule has 0 amide bonds. The molecular weight excluding hydrogens is 254 g/mol. The predicted octanol–water partition coefficient (Wildman–Crippen LogP) is 1.68. The van der Waals surface area contributed by atoms with E-state index >= 15 is 0 Å². The van der Waals surface area contributed by atoms with Gasteiger partial charge in [0, 0.05) is 17.5 Å². The summed E-state index contributed by atoms with van der Waals surface area (Å²) in [7, 11) is 0. The molecule has 2 rings (SSSR count). The minimum Gasteiger partial charge on any atom is -0.396 e. The summed E-state index contributed by atoms with van der Waals surface area (Å²) in [6.45, 7) is 3.03. The summed E-state index contributed by atoms with van der Waals surface area (Å²) in [6, 6.07) is 0. The van der Waals surface area contributed by atoms with Gasteiger partial charge < -0.3 is 15.8 Å². The molecule has 1 fully saturated rings. The monoisotopic (exact) mass is 279 g/mol. The molecule has 1 aliphatic rings. The summed E-state index contributed by atoms with van der Waals surface area (Å²) in [5.74, 6) is 6.95. The number of nitrogens with one attached hydrogen (secondary N) is 2. The first-order chi connectivity index (χ1) is 9.74. The van der Waals surface area contributed by atoms with Crippen LogP contribution >= 0.6 is 0 Å². The van der Waals surface area contributed by atoms with E-state index in [1.807, 2.05) is 6.92 Å². The molecule has 5 N–H and O–H groups in total. The van der Waals surface area contributed by atoms with E-state index in [-0.39, 0.29) is 12.0 Å². The maximum absolute atomic E-state index is 9.74. The minimum absolute atomic E-state index is 0.00941. The summed E-state index contributed by atoms with van der Waals surface area (Å²) in [4.78, 5) is 8.43. The van der Waals surface area contributed by atoms with E-state index in [9.17, 15) is 5.11 Å². The van der Waals surface area contributed by atoms with Crippen LogP contribution in [0.5, 0.6) is 0 Å². The van der Waals surface area contributed by atoms with E-state index < -0.39 is 0 Å². The molecule has 0 aliphatic heterocycles. The molecule has 0 bridgehead atoms. The number of nitrogens with two attached hydrogens (primary N) is 1. The fraction of sp³-hybridized carbons (Fsp3) is 0.714. The molecule has 1 aromatic rings. The van der Waals surface area contributed by atoms with Gasteiger partial charge in [0.15, 0.2) is 0 Å².